The van der Waals surface area contributed by atoms with Crippen LogP contribution in [-0.4, -0.2) is 23.7 Å². The Morgan fingerprint density at radius 3 is 2.41 bits per heavy atom. The van der Waals surface area contributed by atoms with E-state index in [1.54, 1.807) is 0 Å². The molecule has 0 bridgehead atoms. The van der Waals surface area contributed by atoms with Crippen molar-refractivity contribution < 1.29 is 23.4 Å². The Morgan fingerprint density at radius 1 is 1.35 bits per heavy atom. The molecule has 0 unspecified atom stereocenters. The van der Waals surface area contributed by atoms with Crippen molar-refractivity contribution in [1.82, 2.24) is 0 Å². The number of methoxy groups -OCH3 is 1. The summed E-state index contributed by atoms with van der Waals surface area (Å²) in [6.45, 7) is 2.69. The van der Waals surface area contributed by atoms with Crippen LogP contribution in [0.15, 0.2) is 12.1 Å². The third kappa shape index (κ3) is 2.83. The summed E-state index contributed by atoms with van der Waals surface area (Å²) in [5.74, 6) is -2.95. The molecular formula is C11H13F2NO3. The summed E-state index contributed by atoms with van der Waals surface area (Å²) in [6.07, 6.45) is 0. The zero-order valence-corrected chi connectivity index (χ0v) is 9.67. The Kier molecular flexibility index (Phi) is 3.55. The number of carboxylic acids is 1. The maximum absolute atomic E-state index is 13.5. The lowest BCUT2D eigenvalue weighted by Crippen LogP contribution is -2.40. The van der Waals surface area contributed by atoms with Gasteiger partial charge in [-0.15, -0.1) is 0 Å². The predicted octanol–water partition coefficient (Wildman–Crippen LogP) is 2.25. The van der Waals surface area contributed by atoms with Crippen LogP contribution in [-0.2, 0) is 4.79 Å². The second-order valence-electron chi connectivity index (χ2n) is 4.02. The zero-order valence-electron chi connectivity index (χ0n) is 9.67. The van der Waals surface area contributed by atoms with E-state index < -0.39 is 23.1 Å². The van der Waals surface area contributed by atoms with Crippen molar-refractivity contribution in [3.63, 3.8) is 0 Å². The second kappa shape index (κ2) is 4.57. The molecule has 1 aromatic carbocycles. The smallest absolute Gasteiger partial charge is 0.328 e. The van der Waals surface area contributed by atoms with Gasteiger partial charge in [-0.25, -0.2) is 13.6 Å². The molecule has 0 fully saturated rings. The van der Waals surface area contributed by atoms with E-state index in [0.717, 1.165) is 12.1 Å². The van der Waals surface area contributed by atoms with Crippen LogP contribution >= 0.6 is 0 Å². The molecule has 94 valence electrons. The van der Waals surface area contributed by atoms with Gasteiger partial charge in [0, 0.05) is 12.1 Å². The molecule has 0 saturated carbocycles. The third-order valence-electron chi connectivity index (χ3n) is 2.22. The van der Waals surface area contributed by atoms with Gasteiger partial charge in [-0.3, -0.25) is 0 Å². The van der Waals surface area contributed by atoms with Gasteiger partial charge in [-0.1, -0.05) is 0 Å². The van der Waals surface area contributed by atoms with Crippen LogP contribution in [0.2, 0.25) is 0 Å². The lowest BCUT2D eigenvalue weighted by Gasteiger charge is -2.23. The van der Waals surface area contributed by atoms with Crippen LogP contribution in [0.5, 0.6) is 5.75 Å². The molecule has 1 aromatic rings. The molecule has 0 radical (unpaired) electrons. The van der Waals surface area contributed by atoms with Crippen LogP contribution in [0.3, 0.4) is 0 Å². The highest BCUT2D eigenvalue weighted by molar-refractivity contribution is 5.81. The molecule has 0 saturated heterocycles. The normalized spacial score (nSPS) is 11.1. The van der Waals surface area contributed by atoms with Crippen LogP contribution < -0.4 is 10.1 Å². The van der Waals surface area contributed by atoms with Gasteiger partial charge >= 0.3 is 5.97 Å². The lowest BCUT2D eigenvalue weighted by molar-refractivity contribution is -0.141. The largest absolute Gasteiger partial charge is 0.494 e. The van der Waals surface area contributed by atoms with Crippen molar-refractivity contribution in [2.45, 2.75) is 19.4 Å². The average Bonchev–Trinajstić information content (AvgIpc) is 2.22. The van der Waals surface area contributed by atoms with E-state index in [9.17, 15) is 13.6 Å². The van der Waals surface area contributed by atoms with Gasteiger partial charge in [0.15, 0.2) is 11.6 Å². The molecule has 0 heterocycles. The molecule has 0 aromatic heterocycles. The van der Waals surface area contributed by atoms with E-state index in [2.05, 4.69) is 10.1 Å². The Morgan fingerprint density at radius 2 is 1.94 bits per heavy atom. The maximum atomic E-state index is 13.5. The first-order valence-corrected chi connectivity index (χ1v) is 4.82. The number of anilines is 1. The molecule has 1 rings (SSSR count). The average molecular weight is 245 g/mol. The van der Waals surface area contributed by atoms with Crippen LogP contribution in [0.1, 0.15) is 13.8 Å². The molecule has 17 heavy (non-hydrogen) atoms. The van der Waals surface area contributed by atoms with Crippen molar-refractivity contribution in [3.05, 3.63) is 23.8 Å². The van der Waals surface area contributed by atoms with Gasteiger partial charge in [-0.2, -0.15) is 0 Å². The number of halogens is 2. The first-order valence-electron chi connectivity index (χ1n) is 4.82. The monoisotopic (exact) mass is 245 g/mol. The van der Waals surface area contributed by atoms with E-state index in [1.165, 1.54) is 21.0 Å². The summed E-state index contributed by atoms with van der Waals surface area (Å²) >= 11 is 0. The molecule has 0 spiro atoms. The molecule has 6 heteroatoms. The van der Waals surface area contributed by atoms with Gasteiger partial charge in [0.1, 0.15) is 11.4 Å². The number of carboxylic acid groups (broad SMARTS) is 1. The van der Waals surface area contributed by atoms with E-state index >= 15 is 0 Å². The summed E-state index contributed by atoms with van der Waals surface area (Å²) in [4.78, 5) is 10.8. The first kappa shape index (κ1) is 13.2. The number of hydrogen-bond acceptors (Lipinski definition) is 3. The Labute approximate surface area is 97.2 Å². The SMILES string of the molecule is COc1cc(F)c(NC(C)(C)C(=O)O)cc1F. The van der Waals surface area contributed by atoms with E-state index in [-0.39, 0.29) is 11.4 Å². The van der Waals surface area contributed by atoms with Gasteiger partial charge in [0.25, 0.3) is 0 Å². The van der Waals surface area contributed by atoms with E-state index in [4.69, 9.17) is 5.11 Å². The fourth-order valence-electron chi connectivity index (χ4n) is 1.17. The quantitative estimate of drug-likeness (QED) is 0.854. The van der Waals surface area contributed by atoms with E-state index in [0.29, 0.717) is 0 Å². The summed E-state index contributed by atoms with van der Waals surface area (Å²) in [5.41, 5.74) is -1.63. The van der Waals surface area contributed by atoms with Crippen LogP contribution in [0, 0.1) is 11.6 Å². The van der Waals surface area contributed by atoms with Gasteiger partial charge in [0.2, 0.25) is 0 Å². The molecule has 2 N–H and O–H groups in total. The number of aliphatic carboxylic acids is 1. The third-order valence-corrected chi connectivity index (χ3v) is 2.22. The topological polar surface area (TPSA) is 58.6 Å². The standard InChI is InChI=1S/C11H13F2NO3/c1-11(2,10(15)16)14-8-4-7(13)9(17-3)5-6(8)12/h4-5,14H,1-3H3,(H,15,16). The van der Waals surface area contributed by atoms with Crippen molar-refractivity contribution in [2.75, 3.05) is 12.4 Å². The van der Waals surface area contributed by atoms with E-state index in [1.807, 2.05) is 0 Å². The van der Waals surface area contributed by atoms with Crippen molar-refractivity contribution >= 4 is 11.7 Å². The Bertz CT molecular complexity index is 447. The summed E-state index contributed by atoms with van der Waals surface area (Å²) in [6, 6.07) is 1.72. The number of carbonyl (C=O) groups is 1. The fourth-order valence-corrected chi connectivity index (χ4v) is 1.17. The minimum Gasteiger partial charge on any atom is -0.494 e. The zero-order chi connectivity index (χ0) is 13.2. The van der Waals surface area contributed by atoms with Crippen molar-refractivity contribution in [2.24, 2.45) is 0 Å². The number of hydrogen-bond donors (Lipinski definition) is 2. The predicted molar refractivity (Wildman–Crippen MR) is 58.2 cm³/mol. The number of ether oxygens (including phenoxy) is 1. The van der Waals surface area contributed by atoms with Gasteiger partial charge < -0.3 is 15.2 Å². The number of nitrogens with one attached hydrogen (secondary N) is 1. The number of rotatable bonds is 4. The Hall–Kier alpha value is -1.85. The Balaban J connectivity index is 3.08. The van der Waals surface area contributed by atoms with Crippen LogP contribution in [0.25, 0.3) is 0 Å². The first-order chi connectivity index (χ1) is 7.77. The minimum atomic E-state index is -1.40. The molecule has 0 aliphatic rings. The molecule has 0 atom stereocenters. The molecule has 0 aliphatic carbocycles. The molecule has 4 nitrogen and oxygen atoms in total. The van der Waals surface area contributed by atoms with Crippen molar-refractivity contribution in [1.29, 1.82) is 0 Å². The summed E-state index contributed by atoms with van der Waals surface area (Å²) in [7, 11) is 1.21. The maximum Gasteiger partial charge on any atom is 0.328 e. The lowest BCUT2D eigenvalue weighted by atomic mass is 10.1. The molecule has 0 aliphatic heterocycles. The molecule has 0 amide bonds. The summed E-state index contributed by atoms with van der Waals surface area (Å²) < 4.78 is 31.4. The minimum absolute atomic E-state index is 0.226. The van der Waals surface area contributed by atoms with Gasteiger partial charge in [-0.05, 0) is 13.8 Å². The fraction of sp³-hybridized carbons (Fsp3) is 0.364. The van der Waals surface area contributed by atoms with Crippen molar-refractivity contribution in [3.8, 4) is 5.75 Å². The van der Waals surface area contributed by atoms with Gasteiger partial charge in [0.05, 0.1) is 12.8 Å². The highest BCUT2D eigenvalue weighted by Crippen LogP contribution is 2.26. The molecular weight excluding hydrogens is 232 g/mol. The number of benzene rings is 1. The highest BCUT2D eigenvalue weighted by Gasteiger charge is 2.28. The second-order valence-corrected chi connectivity index (χ2v) is 4.02. The summed E-state index contributed by atoms with van der Waals surface area (Å²) in [5, 5.41) is 11.3. The van der Waals surface area contributed by atoms with Crippen LogP contribution in [0.4, 0.5) is 14.5 Å². The highest BCUT2D eigenvalue weighted by atomic mass is 19.1.